The number of benzene rings is 2. The molecule has 0 aliphatic heterocycles. The van der Waals surface area contributed by atoms with Crippen molar-refractivity contribution in [3.05, 3.63) is 68.3 Å². The summed E-state index contributed by atoms with van der Waals surface area (Å²) >= 11 is 0. The molecule has 0 atom stereocenters. The van der Waals surface area contributed by atoms with Crippen LogP contribution in [-0.2, 0) is 6.42 Å². The van der Waals surface area contributed by atoms with Crippen molar-refractivity contribution in [2.45, 2.75) is 12.8 Å². The van der Waals surface area contributed by atoms with E-state index >= 15 is 0 Å². The second-order valence-corrected chi connectivity index (χ2v) is 5.77. The van der Waals surface area contributed by atoms with Crippen LogP contribution >= 0.6 is 0 Å². The zero-order chi connectivity index (χ0) is 19.0. The SMILES string of the molecule is COc1cc2c(cc1[N+](=O)[O-])C(=O)/C(=C\c1cc(F)c(O)c(F)c1)CC2. The van der Waals surface area contributed by atoms with E-state index in [-0.39, 0.29) is 28.1 Å². The van der Waals surface area contributed by atoms with Crippen LogP contribution in [0.3, 0.4) is 0 Å². The van der Waals surface area contributed by atoms with Gasteiger partial charge in [-0.3, -0.25) is 14.9 Å². The number of Topliss-reactive ketones (excluding diaryl/α,β-unsaturated/α-hetero) is 1. The number of phenolic OH excluding ortho intramolecular Hbond substituents is 1. The first-order valence-electron chi connectivity index (χ1n) is 7.60. The van der Waals surface area contributed by atoms with E-state index in [1.165, 1.54) is 19.3 Å². The molecule has 0 saturated heterocycles. The molecule has 0 aromatic heterocycles. The van der Waals surface area contributed by atoms with Crippen molar-refractivity contribution in [1.29, 1.82) is 0 Å². The molecule has 0 heterocycles. The van der Waals surface area contributed by atoms with Gasteiger partial charge in [-0.25, -0.2) is 8.78 Å². The number of methoxy groups -OCH3 is 1. The highest BCUT2D eigenvalue weighted by molar-refractivity contribution is 6.13. The number of aryl methyl sites for hydroxylation is 1. The highest BCUT2D eigenvalue weighted by Gasteiger charge is 2.27. The normalized spacial score (nSPS) is 15.0. The number of fused-ring (bicyclic) bond motifs is 1. The van der Waals surface area contributed by atoms with Crippen molar-refractivity contribution in [3.8, 4) is 11.5 Å². The van der Waals surface area contributed by atoms with Crippen LogP contribution in [0.1, 0.15) is 27.9 Å². The summed E-state index contributed by atoms with van der Waals surface area (Å²) < 4.78 is 31.9. The molecule has 134 valence electrons. The minimum Gasteiger partial charge on any atom is -0.503 e. The van der Waals surface area contributed by atoms with E-state index in [0.717, 1.165) is 18.2 Å². The number of carbonyl (C=O) groups is 1. The molecular weight excluding hydrogens is 348 g/mol. The van der Waals surface area contributed by atoms with E-state index in [1.807, 2.05) is 0 Å². The Labute approximate surface area is 146 Å². The monoisotopic (exact) mass is 361 g/mol. The lowest BCUT2D eigenvalue weighted by Gasteiger charge is -2.18. The summed E-state index contributed by atoms with van der Waals surface area (Å²) in [5, 5.41) is 20.3. The largest absolute Gasteiger partial charge is 0.503 e. The maximum atomic E-state index is 13.5. The van der Waals surface area contributed by atoms with Crippen LogP contribution in [0.5, 0.6) is 11.5 Å². The Balaban J connectivity index is 2.05. The van der Waals surface area contributed by atoms with Crippen molar-refractivity contribution >= 4 is 17.5 Å². The molecule has 0 unspecified atom stereocenters. The van der Waals surface area contributed by atoms with Gasteiger partial charge in [-0.1, -0.05) is 0 Å². The van der Waals surface area contributed by atoms with E-state index in [2.05, 4.69) is 0 Å². The average molecular weight is 361 g/mol. The van der Waals surface area contributed by atoms with Gasteiger partial charge >= 0.3 is 5.69 Å². The lowest BCUT2D eigenvalue weighted by Crippen LogP contribution is -2.15. The fraction of sp³-hybridized carbons (Fsp3) is 0.167. The predicted octanol–water partition coefficient (Wildman–Crippen LogP) is 3.80. The molecule has 0 radical (unpaired) electrons. The summed E-state index contributed by atoms with van der Waals surface area (Å²) in [4.78, 5) is 23.2. The molecule has 8 heteroatoms. The number of nitro groups is 1. The van der Waals surface area contributed by atoms with Gasteiger partial charge in [-0.05, 0) is 48.2 Å². The highest BCUT2D eigenvalue weighted by Crippen LogP contribution is 2.36. The second kappa shape index (κ2) is 6.55. The summed E-state index contributed by atoms with van der Waals surface area (Å²) in [6.07, 6.45) is 2.04. The van der Waals surface area contributed by atoms with Crippen molar-refractivity contribution < 1.29 is 28.3 Å². The Morgan fingerprint density at radius 1 is 1.19 bits per heavy atom. The van der Waals surface area contributed by atoms with E-state index in [4.69, 9.17) is 9.84 Å². The topological polar surface area (TPSA) is 89.7 Å². The molecule has 0 saturated carbocycles. The van der Waals surface area contributed by atoms with Gasteiger partial charge in [0.15, 0.2) is 28.9 Å². The first kappa shape index (κ1) is 17.5. The first-order chi connectivity index (χ1) is 12.3. The maximum Gasteiger partial charge on any atom is 0.311 e. The quantitative estimate of drug-likeness (QED) is 0.510. The zero-order valence-corrected chi connectivity index (χ0v) is 13.6. The van der Waals surface area contributed by atoms with Gasteiger partial charge in [0.25, 0.3) is 0 Å². The number of hydrogen-bond donors (Lipinski definition) is 1. The number of hydrogen-bond acceptors (Lipinski definition) is 5. The van der Waals surface area contributed by atoms with Gasteiger partial charge in [-0.2, -0.15) is 0 Å². The number of allylic oxidation sites excluding steroid dienone is 1. The summed E-state index contributed by atoms with van der Waals surface area (Å²) in [6, 6.07) is 4.43. The molecule has 0 bridgehead atoms. The van der Waals surface area contributed by atoms with Gasteiger partial charge in [0.05, 0.1) is 12.0 Å². The van der Waals surface area contributed by atoms with Gasteiger partial charge in [0, 0.05) is 17.2 Å². The highest BCUT2D eigenvalue weighted by atomic mass is 19.1. The first-order valence-corrected chi connectivity index (χ1v) is 7.60. The summed E-state index contributed by atoms with van der Waals surface area (Å²) in [5.41, 5.74) is 0.782. The van der Waals surface area contributed by atoms with E-state index < -0.39 is 28.1 Å². The molecule has 0 amide bonds. The number of nitro benzene ring substituents is 1. The van der Waals surface area contributed by atoms with E-state index in [0.29, 0.717) is 18.4 Å². The smallest absolute Gasteiger partial charge is 0.311 e. The number of carbonyl (C=O) groups excluding carboxylic acids is 1. The van der Waals surface area contributed by atoms with Crippen LogP contribution in [0.15, 0.2) is 29.8 Å². The molecular formula is C18H13F2NO5. The van der Waals surface area contributed by atoms with Crippen LogP contribution in [-0.4, -0.2) is 22.9 Å². The minimum atomic E-state index is -1.14. The fourth-order valence-electron chi connectivity index (χ4n) is 2.90. The standard InChI is InChI=1S/C18H13F2NO5/c1-26-16-7-10-2-3-11(17(22)12(10)8-15(16)21(24)25)4-9-5-13(19)18(23)14(20)6-9/h4-8,23H,2-3H2,1H3/b11-4-. The van der Waals surface area contributed by atoms with Crippen molar-refractivity contribution in [2.24, 2.45) is 0 Å². The zero-order valence-electron chi connectivity index (χ0n) is 13.6. The molecule has 1 aliphatic rings. The third kappa shape index (κ3) is 3.01. The van der Waals surface area contributed by atoms with Crippen LogP contribution in [0.4, 0.5) is 14.5 Å². The number of phenols is 1. The second-order valence-electron chi connectivity index (χ2n) is 5.77. The summed E-state index contributed by atoms with van der Waals surface area (Å²) in [5.74, 6) is -3.75. The number of nitrogens with zero attached hydrogens (tertiary/aromatic N) is 1. The molecule has 1 aliphatic carbocycles. The fourth-order valence-corrected chi connectivity index (χ4v) is 2.90. The van der Waals surface area contributed by atoms with Gasteiger partial charge in [0.1, 0.15) is 0 Å². The lowest BCUT2D eigenvalue weighted by molar-refractivity contribution is -0.385. The Kier molecular flexibility index (Phi) is 4.41. The van der Waals surface area contributed by atoms with Gasteiger partial charge in [0.2, 0.25) is 0 Å². The van der Waals surface area contributed by atoms with Crippen molar-refractivity contribution in [3.63, 3.8) is 0 Å². The predicted molar refractivity (Wildman–Crippen MR) is 88.3 cm³/mol. The third-order valence-corrected chi connectivity index (χ3v) is 4.18. The lowest BCUT2D eigenvalue weighted by atomic mass is 9.85. The number of ketones is 1. The van der Waals surface area contributed by atoms with Crippen molar-refractivity contribution in [2.75, 3.05) is 7.11 Å². The van der Waals surface area contributed by atoms with Crippen LogP contribution in [0.2, 0.25) is 0 Å². The number of halogens is 2. The van der Waals surface area contributed by atoms with E-state index in [9.17, 15) is 23.7 Å². The molecule has 6 nitrogen and oxygen atoms in total. The Bertz CT molecular complexity index is 945. The molecule has 26 heavy (non-hydrogen) atoms. The summed E-state index contributed by atoms with van der Waals surface area (Å²) in [7, 11) is 1.30. The number of aromatic hydroxyl groups is 1. The maximum absolute atomic E-state index is 13.5. The Morgan fingerprint density at radius 3 is 2.42 bits per heavy atom. The molecule has 1 N–H and O–H groups in total. The molecule has 0 spiro atoms. The number of rotatable bonds is 3. The molecule has 0 fully saturated rings. The molecule has 3 rings (SSSR count). The Morgan fingerprint density at radius 2 is 1.85 bits per heavy atom. The van der Waals surface area contributed by atoms with Gasteiger partial charge < -0.3 is 9.84 Å². The Hall–Kier alpha value is -3.29. The van der Waals surface area contributed by atoms with Crippen LogP contribution in [0.25, 0.3) is 6.08 Å². The molecule has 2 aromatic rings. The van der Waals surface area contributed by atoms with Gasteiger partial charge in [-0.15, -0.1) is 0 Å². The summed E-state index contributed by atoms with van der Waals surface area (Å²) in [6.45, 7) is 0. The van der Waals surface area contributed by atoms with Crippen LogP contribution in [0, 0.1) is 21.7 Å². The van der Waals surface area contributed by atoms with Crippen molar-refractivity contribution in [1.82, 2.24) is 0 Å². The van der Waals surface area contributed by atoms with Crippen LogP contribution < -0.4 is 4.74 Å². The number of ether oxygens (including phenoxy) is 1. The third-order valence-electron chi connectivity index (χ3n) is 4.18. The average Bonchev–Trinajstić information content (AvgIpc) is 2.61. The molecule has 2 aromatic carbocycles. The van der Waals surface area contributed by atoms with E-state index in [1.54, 1.807) is 0 Å². The minimum absolute atomic E-state index is 0.0663.